The summed E-state index contributed by atoms with van der Waals surface area (Å²) in [5.74, 6) is 0. The van der Waals surface area contributed by atoms with E-state index >= 15 is 0 Å². The molecule has 0 amide bonds. The highest BCUT2D eigenvalue weighted by atomic mass is 16.5. The normalized spacial score (nSPS) is 20.6. The molecule has 1 aromatic heterocycles. The van der Waals surface area contributed by atoms with Crippen LogP contribution in [-0.2, 0) is 11.3 Å². The molecule has 1 unspecified atom stereocenters. The van der Waals surface area contributed by atoms with Crippen molar-refractivity contribution in [2.75, 3.05) is 6.61 Å². The molecule has 0 spiro atoms. The highest BCUT2D eigenvalue weighted by molar-refractivity contribution is 5.14. The zero-order chi connectivity index (χ0) is 14.4. The summed E-state index contributed by atoms with van der Waals surface area (Å²) in [7, 11) is 0. The van der Waals surface area contributed by atoms with Crippen LogP contribution in [-0.4, -0.2) is 27.1 Å². The fourth-order valence-electron chi connectivity index (χ4n) is 3.29. The highest BCUT2D eigenvalue weighted by Gasteiger charge is 2.40. The number of hydrogen-bond acceptors (Lipinski definition) is 3. The largest absolute Gasteiger partial charge is 0.385 e. The second kappa shape index (κ2) is 7.23. The number of rotatable bonds is 6. The van der Waals surface area contributed by atoms with E-state index in [0.717, 1.165) is 44.2 Å². The molecule has 0 aromatic carbocycles. The monoisotopic (exact) mass is 280 g/mol. The quantitative estimate of drug-likeness (QED) is 0.812. The third kappa shape index (κ3) is 3.41. The van der Waals surface area contributed by atoms with Gasteiger partial charge in [-0.25, -0.2) is 0 Å². The second-order valence-corrected chi connectivity index (χ2v) is 5.85. The summed E-state index contributed by atoms with van der Waals surface area (Å²) in [6.07, 6.45) is 10.9. The van der Waals surface area contributed by atoms with Crippen molar-refractivity contribution in [3.05, 3.63) is 18.0 Å². The Bertz CT molecular complexity index is 395. The fourth-order valence-corrected chi connectivity index (χ4v) is 3.29. The van der Waals surface area contributed by atoms with E-state index in [1.54, 1.807) is 6.20 Å². The standard InChI is InChI=1S/C16H28N2O2/c1-3-11-18-13-14(12-17-18)15(19)16(20-4-2)9-7-5-6-8-10-16/h12-13,15,19H,3-11H2,1-2H3. The van der Waals surface area contributed by atoms with E-state index in [2.05, 4.69) is 12.0 Å². The molecule has 20 heavy (non-hydrogen) atoms. The summed E-state index contributed by atoms with van der Waals surface area (Å²) in [4.78, 5) is 0. The summed E-state index contributed by atoms with van der Waals surface area (Å²) in [5, 5.41) is 15.2. The first-order valence-electron chi connectivity index (χ1n) is 8.06. The van der Waals surface area contributed by atoms with Gasteiger partial charge < -0.3 is 9.84 Å². The lowest BCUT2D eigenvalue weighted by Crippen LogP contribution is -2.39. The molecule has 1 fully saturated rings. The lowest BCUT2D eigenvalue weighted by molar-refractivity contribution is -0.131. The molecule has 4 heteroatoms. The molecule has 1 N–H and O–H groups in total. The van der Waals surface area contributed by atoms with Crippen LogP contribution in [0.4, 0.5) is 0 Å². The molecule has 0 radical (unpaired) electrons. The Morgan fingerprint density at radius 3 is 2.60 bits per heavy atom. The third-order valence-corrected chi connectivity index (χ3v) is 4.30. The van der Waals surface area contributed by atoms with Gasteiger partial charge in [0.1, 0.15) is 6.10 Å². The van der Waals surface area contributed by atoms with Crippen molar-refractivity contribution >= 4 is 0 Å². The van der Waals surface area contributed by atoms with Gasteiger partial charge in [0.2, 0.25) is 0 Å². The zero-order valence-corrected chi connectivity index (χ0v) is 12.8. The van der Waals surface area contributed by atoms with Gasteiger partial charge in [0.25, 0.3) is 0 Å². The molecular formula is C16H28N2O2. The van der Waals surface area contributed by atoms with Crippen LogP contribution >= 0.6 is 0 Å². The van der Waals surface area contributed by atoms with Crippen molar-refractivity contribution in [3.63, 3.8) is 0 Å². The van der Waals surface area contributed by atoms with Crippen molar-refractivity contribution in [1.29, 1.82) is 0 Å². The van der Waals surface area contributed by atoms with Crippen LogP contribution in [0, 0.1) is 0 Å². The van der Waals surface area contributed by atoms with Crippen molar-refractivity contribution in [2.45, 2.75) is 77.0 Å². The minimum absolute atomic E-state index is 0.411. The topological polar surface area (TPSA) is 47.3 Å². The van der Waals surface area contributed by atoms with Gasteiger partial charge >= 0.3 is 0 Å². The van der Waals surface area contributed by atoms with Crippen molar-refractivity contribution < 1.29 is 9.84 Å². The maximum Gasteiger partial charge on any atom is 0.111 e. The minimum Gasteiger partial charge on any atom is -0.385 e. The van der Waals surface area contributed by atoms with E-state index < -0.39 is 11.7 Å². The first kappa shape index (κ1) is 15.5. The van der Waals surface area contributed by atoms with Crippen LogP contribution in [0.25, 0.3) is 0 Å². The Hall–Kier alpha value is -0.870. The maximum atomic E-state index is 10.9. The van der Waals surface area contributed by atoms with Crippen LogP contribution in [0.5, 0.6) is 0 Å². The zero-order valence-electron chi connectivity index (χ0n) is 12.8. The SMILES string of the molecule is CCCn1cc(C(O)C2(OCC)CCCCCC2)cn1. The van der Waals surface area contributed by atoms with Crippen LogP contribution < -0.4 is 0 Å². The van der Waals surface area contributed by atoms with Crippen LogP contribution in [0.15, 0.2) is 12.4 Å². The number of ether oxygens (including phenoxy) is 1. The number of aromatic nitrogens is 2. The summed E-state index contributed by atoms with van der Waals surface area (Å²) < 4.78 is 7.96. The third-order valence-electron chi connectivity index (χ3n) is 4.30. The Balaban J connectivity index is 2.17. The predicted molar refractivity (Wildman–Crippen MR) is 79.5 cm³/mol. The molecule has 1 aromatic rings. The average molecular weight is 280 g/mol. The first-order chi connectivity index (χ1) is 9.72. The Morgan fingerprint density at radius 1 is 1.30 bits per heavy atom. The van der Waals surface area contributed by atoms with E-state index in [9.17, 15) is 5.11 Å². The molecule has 2 rings (SSSR count). The summed E-state index contributed by atoms with van der Waals surface area (Å²) in [6, 6.07) is 0. The number of aryl methyl sites for hydroxylation is 1. The lowest BCUT2D eigenvalue weighted by Gasteiger charge is -2.36. The molecule has 4 nitrogen and oxygen atoms in total. The smallest absolute Gasteiger partial charge is 0.111 e. The van der Waals surface area contributed by atoms with Gasteiger partial charge in [-0.2, -0.15) is 5.10 Å². The van der Waals surface area contributed by atoms with E-state index in [1.165, 1.54) is 12.8 Å². The van der Waals surface area contributed by atoms with Gasteiger partial charge in [-0.05, 0) is 26.2 Å². The number of nitrogens with zero attached hydrogens (tertiary/aromatic N) is 2. The fraction of sp³-hybridized carbons (Fsp3) is 0.812. The van der Waals surface area contributed by atoms with Crippen LogP contribution in [0.3, 0.4) is 0 Å². The molecular weight excluding hydrogens is 252 g/mol. The van der Waals surface area contributed by atoms with Crippen LogP contribution in [0.2, 0.25) is 0 Å². The maximum absolute atomic E-state index is 10.9. The average Bonchev–Trinajstić information content (AvgIpc) is 2.77. The minimum atomic E-state index is -0.564. The Kier molecular flexibility index (Phi) is 5.61. The lowest BCUT2D eigenvalue weighted by atomic mass is 9.85. The summed E-state index contributed by atoms with van der Waals surface area (Å²) >= 11 is 0. The number of aliphatic hydroxyl groups is 1. The Labute approximate surface area is 122 Å². The summed E-state index contributed by atoms with van der Waals surface area (Å²) in [5.41, 5.74) is 0.486. The van der Waals surface area contributed by atoms with Gasteiger partial charge in [0.05, 0.1) is 11.8 Å². The molecule has 1 aliphatic carbocycles. The van der Waals surface area contributed by atoms with Crippen molar-refractivity contribution in [1.82, 2.24) is 9.78 Å². The van der Waals surface area contributed by atoms with E-state index in [1.807, 2.05) is 17.8 Å². The van der Waals surface area contributed by atoms with Gasteiger partial charge in [0.15, 0.2) is 0 Å². The highest BCUT2D eigenvalue weighted by Crippen LogP contribution is 2.40. The molecule has 1 aliphatic rings. The predicted octanol–water partition coefficient (Wildman–Crippen LogP) is 3.46. The molecule has 1 saturated carbocycles. The van der Waals surface area contributed by atoms with Gasteiger partial charge in [-0.3, -0.25) is 4.68 Å². The Morgan fingerprint density at radius 2 is 2.00 bits per heavy atom. The number of hydrogen-bond donors (Lipinski definition) is 1. The van der Waals surface area contributed by atoms with E-state index in [0.29, 0.717) is 6.61 Å². The van der Waals surface area contributed by atoms with Gasteiger partial charge in [0, 0.05) is 24.9 Å². The molecule has 114 valence electrons. The number of aliphatic hydroxyl groups excluding tert-OH is 1. The summed E-state index contributed by atoms with van der Waals surface area (Å²) in [6.45, 7) is 5.69. The molecule has 0 aliphatic heterocycles. The molecule has 1 atom stereocenters. The van der Waals surface area contributed by atoms with E-state index in [4.69, 9.17) is 4.74 Å². The van der Waals surface area contributed by atoms with Crippen molar-refractivity contribution in [3.8, 4) is 0 Å². The van der Waals surface area contributed by atoms with E-state index in [-0.39, 0.29) is 0 Å². The van der Waals surface area contributed by atoms with Crippen LogP contribution in [0.1, 0.15) is 70.5 Å². The first-order valence-corrected chi connectivity index (χ1v) is 8.06. The van der Waals surface area contributed by atoms with Crippen molar-refractivity contribution in [2.24, 2.45) is 0 Å². The molecule has 1 heterocycles. The molecule has 0 bridgehead atoms. The second-order valence-electron chi connectivity index (χ2n) is 5.85. The van der Waals surface area contributed by atoms with Gasteiger partial charge in [-0.1, -0.05) is 32.6 Å². The van der Waals surface area contributed by atoms with Gasteiger partial charge in [-0.15, -0.1) is 0 Å². The molecule has 0 saturated heterocycles.